The molecule has 0 aliphatic rings. The zero-order chi connectivity index (χ0) is 24.5. The van der Waals surface area contributed by atoms with Crippen LogP contribution in [-0.4, -0.2) is 37.6 Å². The molecule has 2 N–H and O–H groups in total. The standard InChI is InChI=1S/C27H30Cl2N2O3/c1-19-14-24(28)26(25(29)15-19)34-13-12-33-23-10-8-20(9-11-23)16-22(17-30)27(32)31(2)18-21-6-4-3-5-7-21/h3-11,14-15,22H,12-13,16-18,30H2,1-2H3. The van der Waals surface area contributed by atoms with E-state index in [-0.39, 0.29) is 18.4 Å². The molecule has 0 radical (unpaired) electrons. The Kier molecular flexibility index (Phi) is 9.63. The highest BCUT2D eigenvalue weighted by molar-refractivity contribution is 6.37. The first kappa shape index (κ1) is 25.9. The summed E-state index contributed by atoms with van der Waals surface area (Å²) in [4.78, 5) is 14.6. The van der Waals surface area contributed by atoms with Crippen molar-refractivity contribution in [3.05, 3.63) is 93.5 Å². The van der Waals surface area contributed by atoms with Gasteiger partial charge in [-0.15, -0.1) is 0 Å². The van der Waals surface area contributed by atoms with Crippen LogP contribution in [0.15, 0.2) is 66.7 Å². The van der Waals surface area contributed by atoms with E-state index in [9.17, 15) is 4.79 Å². The molecule has 180 valence electrons. The quantitative estimate of drug-likeness (QED) is 0.351. The maximum atomic E-state index is 12.9. The number of amides is 1. The Balaban J connectivity index is 1.48. The lowest BCUT2D eigenvalue weighted by Crippen LogP contribution is -2.37. The lowest BCUT2D eigenvalue weighted by atomic mass is 9.97. The van der Waals surface area contributed by atoms with Gasteiger partial charge in [-0.1, -0.05) is 65.7 Å². The largest absolute Gasteiger partial charge is 0.490 e. The first-order valence-electron chi connectivity index (χ1n) is 11.2. The first-order chi connectivity index (χ1) is 16.4. The Bertz CT molecular complexity index is 1050. The van der Waals surface area contributed by atoms with E-state index < -0.39 is 0 Å². The summed E-state index contributed by atoms with van der Waals surface area (Å²) in [6.07, 6.45) is 0.572. The number of benzene rings is 3. The second kappa shape index (κ2) is 12.7. The summed E-state index contributed by atoms with van der Waals surface area (Å²) in [6, 6.07) is 21.2. The van der Waals surface area contributed by atoms with Gasteiger partial charge in [-0.25, -0.2) is 0 Å². The number of hydrogen-bond acceptors (Lipinski definition) is 4. The molecule has 0 heterocycles. The van der Waals surface area contributed by atoms with E-state index >= 15 is 0 Å². The smallest absolute Gasteiger partial charge is 0.227 e. The van der Waals surface area contributed by atoms with Crippen molar-refractivity contribution in [3.8, 4) is 11.5 Å². The number of nitrogens with zero attached hydrogens (tertiary/aromatic N) is 1. The van der Waals surface area contributed by atoms with Gasteiger partial charge in [-0.05, 0) is 54.3 Å². The minimum Gasteiger partial charge on any atom is -0.490 e. The summed E-state index contributed by atoms with van der Waals surface area (Å²) in [7, 11) is 1.81. The number of rotatable bonds is 11. The number of ether oxygens (including phenoxy) is 2. The summed E-state index contributed by atoms with van der Waals surface area (Å²) in [5, 5.41) is 0.959. The molecule has 0 spiro atoms. The van der Waals surface area contributed by atoms with Gasteiger partial charge in [0.05, 0.1) is 16.0 Å². The zero-order valence-electron chi connectivity index (χ0n) is 19.5. The van der Waals surface area contributed by atoms with Crippen molar-refractivity contribution in [2.75, 3.05) is 26.8 Å². The Morgan fingerprint density at radius 3 is 2.18 bits per heavy atom. The van der Waals surface area contributed by atoms with Crippen molar-refractivity contribution in [1.82, 2.24) is 4.90 Å². The Hall–Kier alpha value is -2.73. The van der Waals surface area contributed by atoms with Crippen molar-refractivity contribution in [3.63, 3.8) is 0 Å². The summed E-state index contributed by atoms with van der Waals surface area (Å²) < 4.78 is 11.4. The molecule has 3 rings (SSSR count). The highest BCUT2D eigenvalue weighted by Gasteiger charge is 2.21. The Labute approximate surface area is 211 Å². The van der Waals surface area contributed by atoms with Crippen LogP contribution in [0.2, 0.25) is 10.0 Å². The van der Waals surface area contributed by atoms with Crippen LogP contribution in [0, 0.1) is 12.8 Å². The van der Waals surface area contributed by atoms with Crippen LogP contribution in [0.5, 0.6) is 11.5 Å². The van der Waals surface area contributed by atoms with E-state index in [1.165, 1.54) is 0 Å². The summed E-state index contributed by atoms with van der Waals surface area (Å²) in [6.45, 7) is 3.42. The number of hydrogen-bond donors (Lipinski definition) is 1. The molecule has 1 unspecified atom stereocenters. The van der Waals surface area contributed by atoms with E-state index in [0.717, 1.165) is 16.7 Å². The topological polar surface area (TPSA) is 64.8 Å². The molecule has 34 heavy (non-hydrogen) atoms. The minimum atomic E-state index is -0.280. The third kappa shape index (κ3) is 7.39. The van der Waals surface area contributed by atoms with Gasteiger partial charge < -0.3 is 20.1 Å². The molecule has 7 heteroatoms. The third-order valence-corrected chi connectivity index (χ3v) is 5.98. The van der Waals surface area contributed by atoms with Gasteiger partial charge in [0.25, 0.3) is 0 Å². The molecule has 0 aliphatic heterocycles. The van der Waals surface area contributed by atoms with Crippen LogP contribution in [0.4, 0.5) is 0 Å². The van der Waals surface area contributed by atoms with Crippen molar-refractivity contribution in [2.24, 2.45) is 11.7 Å². The van der Waals surface area contributed by atoms with E-state index in [2.05, 4.69) is 0 Å². The Morgan fingerprint density at radius 2 is 1.56 bits per heavy atom. The predicted octanol–water partition coefficient (Wildman–Crippen LogP) is 5.54. The van der Waals surface area contributed by atoms with Crippen molar-refractivity contribution >= 4 is 29.1 Å². The van der Waals surface area contributed by atoms with Crippen LogP contribution in [0.25, 0.3) is 0 Å². The van der Waals surface area contributed by atoms with Crippen LogP contribution < -0.4 is 15.2 Å². The normalized spacial score (nSPS) is 11.7. The summed E-state index contributed by atoms with van der Waals surface area (Å²) in [5.74, 6) is 0.933. The molecular weight excluding hydrogens is 471 g/mol. The summed E-state index contributed by atoms with van der Waals surface area (Å²) >= 11 is 12.4. The van der Waals surface area contributed by atoms with Gasteiger partial charge >= 0.3 is 0 Å². The zero-order valence-corrected chi connectivity index (χ0v) is 21.0. The van der Waals surface area contributed by atoms with Crippen LogP contribution in [0.1, 0.15) is 16.7 Å². The molecule has 0 fully saturated rings. The van der Waals surface area contributed by atoms with Crippen molar-refractivity contribution in [2.45, 2.75) is 19.9 Å². The highest BCUT2D eigenvalue weighted by atomic mass is 35.5. The highest BCUT2D eigenvalue weighted by Crippen LogP contribution is 2.33. The number of nitrogens with two attached hydrogens (primary N) is 1. The summed E-state index contributed by atoms with van der Waals surface area (Å²) in [5.41, 5.74) is 9.02. The molecule has 1 atom stereocenters. The van der Waals surface area contributed by atoms with E-state index in [1.54, 1.807) is 17.0 Å². The third-order valence-electron chi connectivity index (χ3n) is 5.42. The monoisotopic (exact) mass is 500 g/mol. The van der Waals surface area contributed by atoms with Gasteiger partial charge in [-0.2, -0.15) is 0 Å². The molecule has 0 aliphatic carbocycles. The number of halogens is 2. The van der Waals surface area contributed by atoms with E-state index in [0.29, 0.717) is 47.7 Å². The second-order valence-corrected chi connectivity index (χ2v) is 9.03. The number of carbonyl (C=O) groups excluding carboxylic acids is 1. The number of aryl methyl sites for hydroxylation is 1. The first-order valence-corrected chi connectivity index (χ1v) is 11.9. The molecule has 1 amide bonds. The van der Waals surface area contributed by atoms with E-state index in [1.807, 2.05) is 68.6 Å². The maximum Gasteiger partial charge on any atom is 0.227 e. The predicted molar refractivity (Wildman–Crippen MR) is 138 cm³/mol. The average molecular weight is 501 g/mol. The van der Waals surface area contributed by atoms with Crippen LogP contribution >= 0.6 is 23.2 Å². The molecular formula is C27H30Cl2N2O3. The molecule has 0 bridgehead atoms. The van der Waals surface area contributed by atoms with Gasteiger partial charge in [0.2, 0.25) is 5.91 Å². The lowest BCUT2D eigenvalue weighted by molar-refractivity contribution is -0.134. The molecule has 3 aromatic carbocycles. The SMILES string of the molecule is Cc1cc(Cl)c(OCCOc2ccc(CC(CN)C(=O)N(C)Cc3ccccc3)cc2)c(Cl)c1. The second-order valence-electron chi connectivity index (χ2n) is 8.22. The minimum absolute atomic E-state index is 0.0391. The molecule has 0 aromatic heterocycles. The van der Waals surface area contributed by atoms with Gasteiger partial charge in [0.15, 0.2) is 5.75 Å². The van der Waals surface area contributed by atoms with E-state index in [4.69, 9.17) is 38.4 Å². The van der Waals surface area contributed by atoms with Gasteiger partial charge in [0, 0.05) is 20.1 Å². The fourth-order valence-electron chi connectivity index (χ4n) is 3.65. The van der Waals surface area contributed by atoms with Gasteiger partial charge in [0.1, 0.15) is 19.0 Å². The van der Waals surface area contributed by atoms with Crippen LogP contribution in [0.3, 0.4) is 0 Å². The maximum absolute atomic E-state index is 12.9. The molecule has 3 aromatic rings. The average Bonchev–Trinajstić information content (AvgIpc) is 2.82. The fourth-order valence-corrected chi connectivity index (χ4v) is 4.36. The molecule has 5 nitrogen and oxygen atoms in total. The van der Waals surface area contributed by atoms with Crippen molar-refractivity contribution in [1.29, 1.82) is 0 Å². The van der Waals surface area contributed by atoms with Gasteiger partial charge in [-0.3, -0.25) is 4.79 Å². The van der Waals surface area contributed by atoms with Crippen molar-refractivity contribution < 1.29 is 14.3 Å². The Morgan fingerprint density at radius 1 is 0.941 bits per heavy atom. The lowest BCUT2D eigenvalue weighted by Gasteiger charge is -2.23. The molecule has 0 saturated carbocycles. The fraction of sp³-hybridized carbons (Fsp3) is 0.296. The molecule has 0 saturated heterocycles. The number of carbonyl (C=O) groups is 1. The van der Waals surface area contributed by atoms with Crippen LogP contribution in [-0.2, 0) is 17.8 Å².